The van der Waals surface area contributed by atoms with Gasteiger partial charge in [-0.3, -0.25) is 0 Å². The Morgan fingerprint density at radius 3 is 2.67 bits per heavy atom. The maximum Gasteiger partial charge on any atom is 0.407 e. The highest BCUT2D eigenvalue weighted by atomic mass is 19.3. The number of carbonyl (C=O) groups is 1. The highest BCUT2D eigenvalue weighted by Gasteiger charge is 2.15. The fourth-order valence-electron chi connectivity index (χ4n) is 1.40. The molecule has 2 N–H and O–H groups in total. The first-order valence-corrected chi connectivity index (χ1v) is 6.59. The van der Waals surface area contributed by atoms with E-state index in [1.807, 2.05) is 0 Å². The number of anilines is 1. The number of ether oxygens (including phenoxy) is 1. The normalized spacial score (nSPS) is 11.3. The molecule has 1 heterocycles. The Bertz CT molecular complexity index is 464. The summed E-state index contributed by atoms with van der Waals surface area (Å²) in [5.41, 5.74) is -0.853. The SMILES string of the molecule is CC(C)(C)OC(=O)NCCCNc1cc(C(F)F)ncn1. The fourth-order valence-corrected chi connectivity index (χ4v) is 1.40. The summed E-state index contributed by atoms with van der Waals surface area (Å²) in [5.74, 6) is 0.331. The van der Waals surface area contributed by atoms with Crippen LogP contribution < -0.4 is 10.6 Å². The van der Waals surface area contributed by atoms with E-state index in [9.17, 15) is 13.6 Å². The number of alkyl halides is 2. The molecule has 1 aromatic heterocycles. The number of aromatic nitrogens is 2. The van der Waals surface area contributed by atoms with Crippen LogP contribution in [0.4, 0.5) is 19.4 Å². The van der Waals surface area contributed by atoms with Gasteiger partial charge in [-0.1, -0.05) is 0 Å². The number of carbonyl (C=O) groups excluding carboxylic acids is 1. The summed E-state index contributed by atoms with van der Waals surface area (Å²) in [6.07, 6.45) is -1.41. The van der Waals surface area contributed by atoms with Gasteiger partial charge in [-0.25, -0.2) is 23.5 Å². The molecular weight excluding hydrogens is 282 g/mol. The summed E-state index contributed by atoms with van der Waals surface area (Å²) >= 11 is 0. The van der Waals surface area contributed by atoms with Gasteiger partial charge in [0.1, 0.15) is 23.4 Å². The third-order valence-electron chi connectivity index (χ3n) is 2.24. The van der Waals surface area contributed by atoms with E-state index < -0.39 is 18.1 Å². The van der Waals surface area contributed by atoms with E-state index >= 15 is 0 Å². The summed E-state index contributed by atoms with van der Waals surface area (Å²) in [4.78, 5) is 18.7. The second-order valence-corrected chi connectivity index (χ2v) is 5.34. The smallest absolute Gasteiger partial charge is 0.407 e. The van der Waals surface area contributed by atoms with Crippen LogP contribution in [-0.2, 0) is 4.74 Å². The fraction of sp³-hybridized carbons (Fsp3) is 0.615. The lowest BCUT2D eigenvalue weighted by molar-refractivity contribution is 0.0527. The Labute approximate surface area is 122 Å². The van der Waals surface area contributed by atoms with Crippen LogP contribution in [0.25, 0.3) is 0 Å². The van der Waals surface area contributed by atoms with Gasteiger partial charge in [-0.2, -0.15) is 0 Å². The van der Waals surface area contributed by atoms with Gasteiger partial charge < -0.3 is 15.4 Å². The van der Waals surface area contributed by atoms with Crippen molar-refractivity contribution in [2.24, 2.45) is 0 Å². The first-order chi connectivity index (χ1) is 9.78. The molecule has 0 radical (unpaired) electrons. The predicted octanol–water partition coefficient (Wildman–Crippen LogP) is 2.74. The average Bonchev–Trinajstić information content (AvgIpc) is 2.36. The van der Waals surface area contributed by atoms with Crippen molar-refractivity contribution in [3.05, 3.63) is 18.1 Å². The van der Waals surface area contributed by atoms with Gasteiger partial charge in [0.25, 0.3) is 6.43 Å². The van der Waals surface area contributed by atoms with Gasteiger partial charge in [-0.15, -0.1) is 0 Å². The number of halogens is 2. The third kappa shape index (κ3) is 7.38. The Hall–Kier alpha value is -1.99. The molecule has 0 saturated heterocycles. The zero-order chi connectivity index (χ0) is 15.9. The molecule has 0 aromatic carbocycles. The van der Waals surface area contributed by atoms with E-state index in [0.717, 1.165) is 6.33 Å². The van der Waals surface area contributed by atoms with E-state index in [4.69, 9.17) is 4.74 Å². The number of nitrogens with one attached hydrogen (secondary N) is 2. The van der Waals surface area contributed by atoms with Gasteiger partial charge in [0, 0.05) is 19.2 Å². The monoisotopic (exact) mass is 302 g/mol. The van der Waals surface area contributed by atoms with Crippen molar-refractivity contribution in [2.75, 3.05) is 18.4 Å². The Balaban J connectivity index is 2.23. The highest BCUT2D eigenvalue weighted by molar-refractivity contribution is 5.67. The average molecular weight is 302 g/mol. The molecular formula is C13H20F2N4O2. The zero-order valence-electron chi connectivity index (χ0n) is 12.3. The lowest BCUT2D eigenvalue weighted by atomic mass is 10.2. The molecule has 0 aliphatic rings. The minimum Gasteiger partial charge on any atom is -0.444 e. The number of hydrogen-bond acceptors (Lipinski definition) is 5. The van der Waals surface area contributed by atoms with Crippen molar-refractivity contribution >= 4 is 11.9 Å². The second kappa shape index (κ2) is 7.70. The number of nitrogens with zero attached hydrogens (tertiary/aromatic N) is 2. The molecule has 118 valence electrons. The van der Waals surface area contributed by atoms with Crippen LogP contribution in [0.15, 0.2) is 12.4 Å². The highest BCUT2D eigenvalue weighted by Crippen LogP contribution is 2.17. The minimum absolute atomic E-state index is 0.320. The van der Waals surface area contributed by atoms with Crippen LogP contribution in [0.1, 0.15) is 39.3 Å². The van der Waals surface area contributed by atoms with Gasteiger partial charge in [0.2, 0.25) is 0 Å². The van der Waals surface area contributed by atoms with E-state index in [-0.39, 0.29) is 5.69 Å². The van der Waals surface area contributed by atoms with Crippen LogP contribution in [0.5, 0.6) is 0 Å². The Morgan fingerprint density at radius 2 is 2.05 bits per heavy atom. The molecule has 0 spiro atoms. The van der Waals surface area contributed by atoms with Gasteiger partial charge >= 0.3 is 6.09 Å². The summed E-state index contributed by atoms with van der Waals surface area (Å²) in [6, 6.07) is 1.20. The Kier molecular flexibility index (Phi) is 6.26. The molecule has 8 heteroatoms. The molecule has 6 nitrogen and oxygen atoms in total. The molecule has 0 unspecified atom stereocenters. The van der Waals surface area contributed by atoms with Crippen molar-refractivity contribution < 1.29 is 18.3 Å². The quantitative estimate of drug-likeness (QED) is 0.790. The summed E-state index contributed by atoms with van der Waals surface area (Å²) in [6.45, 7) is 6.24. The van der Waals surface area contributed by atoms with Gasteiger partial charge in [0.15, 0.2) is 0 Å². The van der Waals surface area contributed by atoms with E-state index in [0.29, 0.717) is 25.3 Å². The first kappa shape index (κ1) is 17.1. The molecule has 0 fully saturated rings. The van der Waals surface area contributed by atoms with E-state index in [1.54, 1.807) is 20.8 Å². The van der Waals surface area contributed by atoms with Crippen LogP contribution in [-0.4, -0.2) is 34.8 Å². The number of hydrogen-bond donors (Lipinski definition) is 2. The maximum absolute atomic E-state index is 12.4. The number of rotatable bonds is 6. The second-order valence-electron chi connectivity index (χ2n) is 5.34. The van der Waals surface area contributed by atoms with E-state index in [1.165, 1.54) is 6.07 Å². The minimum atomic E-state index is -2.62. The predicted molar refractivity (Wildman–Crippen MR) is 74.3 cm³/mol. The standard InChI is InChI=1S/C13H20F2N4O2/c1-13(2,3)21-12(20)17-6-4-5-16-10-7-9(11(14)15)18-8-19-10/h7-8,11H,4-6H2,1-3H3,(H,17,20)(H,16,18,19). The third-order valence-corrected chi connectivity index (χ3v) is 2.24. The van der Waals surface area contributed by atoms with Crippen LogP contribution in [0, 0.1) is 0 Å². The number of amides is 1. The summed E-state index contributed by atoms with van der Waals surface area (Å²) in [5, 5.41) is 5.49. The molecule has 0 aliphatic heterocycles. The van der Waals surface area contributed by atoms with Crippen molar-refractivity contribution in [3.63, 3.8) is 0 Å². The molecule has 21 heavy (non-hydrogen) atoms. The van der Waals surface area contributed by atoms with Crippen LogP contribution >= 0.6 is 0 Å². The molecule has 1 aromatic rings. The molecule has 0 bridgehead atoms. The maximum atomic E-state index is 12.4. The largest absolute Gasteiger partial charge is 0.444 e. The first-order valence-electron chi connectivity index (χ1n) is 6.59. The number of alkyl carbamates (subject to hydrolysis) is 1. The van der Waals surface area contributed by atoms with Crippen molar-refractivity contribution in [1.82, 2.24) is 15.3 Å². The zero-order valence-corrected chi connectivity index (χ0v) is 12.3. The lowest BCUT2D eigenvalue weighted by Crippen LogP contribution is -2.33. The lowest BCUT2D eigenvalue weighted by Gasteiger charge is -2.19. The van der Waals surface area contributed by atoms with Crippen LogP contribution in [0.3, 0.4) is 0 Å². The molecule has 0 saturated carbocycles. The Morgan fingerprint density at radius 1 is 1.33 bits per heavy atom. The molecule has 1 rings (SSSR count). The molecule has 1 amide bonds. The van der Waals surface area contributed by atoms with E-state index in [2.05, 4.69) is 20.6 Å². The summed E-state index contributed by atoms with van der Waals surface area (Å²) < 4.78 is 29.9. The molecule has 0 aliphatic carbocycles. The van der Waals surface area contributed by atoms with Gasteiger partial charge in [-0.05, 0) is 27.2 Å². The van der Waals surface area contributed by atoms with Crippen LogP contribution in [0.2, 0.25) is 0 Å². The summed E-state index contributed by atoms with van der Waals surface area (Å²) in [7, 11) is 0. The van der Waals surface area contributed by atoms with Gasteiger partial charge in [0.05, 0.1) is 0 Å². The van der Waals surface area contributed by atoms with Crippen molar-refractivity contribution in [2.45, 2.75) is 39.2 Å². The van der Waals surface area contributed by atoms with Crippen molar-refractivity contribution in [1.29, 1.82) is 0 Å². The topological polar surface area (TPSA) is 76.1 Å². The van der Waals surface area contributed by atoms with Crippen molar-refractivity contribution in [3.8, 4) is 0 Å². The molecule has 0 atom stereocenters.